The Morgan fingerprint density at radius 3 is 1.97 bits per heavy atom. The van der Waals surface area contributed by atoms with Crippen molar-refractivity contribution in [2.24, 2.45) is 0 Å². The van der Waals surface area contributed by atoms with Gasteiger partial charge in [0.05, 0.1) is 0 Å². The van der Waals surface area contributed by atoms with E-state index in [4.69, 9.17) is 0 Å². The second-order valence-corrected chi connectivity index (χ2v) is 8.72. The van der Waals surface area contributed by atoms with Gasteiger partial charge >= 0.3 is 0 Å². The molecule has 5 nitrogen and oxygen atoms in total. The third-order valence-corrected chi connectivity index (χ3v) is 6.39. The van der Waals surface area contributed by atoms with Crippen LogP contribution in [0.4, 0.5) is 5.69 Å². The highest BCUT2D eigenvalue weighted by atomic mass is 35.5. The van der Waals surface area contributed by atoms with Crippen molar-refractivity contribution in [1.29, 1.82) is 0 Å². The lowest BCUT2D eigenvalue weighted by molar-refractivity contribution is -0.136. The van der Waals surface area contributed by atoms with E-state index in [0.717, 1.165) is 39.1 Å². The topological polar surface area (TPSA) is 55.8 Å². The van der Waals surface area contributed by atoms with Crippen molar-refractivity contribution in [2.75, 3.05) is 44.2 Å². The minimum atomic E-state index is -1.71. The normalized spacial score (nSPS) is 13.9. The fraction of sp³-hybridized carbons (Fsp3) is 0.321. The molecular weight excluding hydrogens is 481 g/mol. The zero-order valence-electron chi connectivity index (χ0n) is 20.1. The Morgan fingerprint density at radius 2 is 1.43 bits per heavy atom. The molecule has 1 saturated heterocycles. The van der Waals surface area contributed by atoms with Crippen LogP contribution >= 0.6 is 24.8 Å². The van der Waals surface area contributed by atoms with Gasteiger partial charge in [-0.15, -0.1) is 24.8 Å². The van der Waals surface area contributed by atoms with Gasteiger partial charge in [-0.1, -0.05) is 72.8 Å². The van der Waals surface area contributed by atoms with E-state index in [1.807, 2.05) is 36.4 Å². The molecule has 188 valence electrons. The number of rotatable bonds is 8. The molecule has 1 fully saturated rings. The number of hydrogen-bond acceptors (Lipinski definition) is 4. The first kappa shape index (κ1) is 28.7. The molecule has 0 atom stereocenters. The van der Waals surface area contributed by atoms with Crippen LogP contribution in [-0.2, 0) is 10.4 Å². The summed E-state index contributed by atoms with van der Waals surface area (Å²) in [4.78, 5) is 18.0. The van der Waals surface area contributed by atoms with Crippen LogP contribution in [0.25, 0.3) is 0 Å². The van der Waals surface area contributed by atoms with Gasteiger partial charge in [-0.25, -0.2) is 0 Å². The molecule has 1 amide bonds. The molecule has 3 aromatic carbocycles. The molecule has 0 radical (unpaired) electrons. The predicted molar refractivity (Wildman–Crippen MR) is 148 cm³/mol. The lowest BCUT2D eigenvalue weighted by atomic mass is 9.85. The van der Waals surface area contributed by atoms with Gasteiger partial charge in [0.1, 0.15) is 0 Å². The van der Waals surface area contributed by atoms with Crippen LogP contribution in [0.3, 0.4) is 0 Å². The summed E-state index contributed by atoms with van der Waals surface area (Å²) in [6.45, 7) is 7.63. The van der Waals surface area contributed by atoms with Crippen LogP contribution in [0, 0.1) is 6.92 Å². The summed E-state index contributed by atoms with van der Waals surface area (Å²) < 4.78 is 0. The number of aryl methyl sites for hydroxylation is 1. The summed E-state index contributed by atoms with van der Waals surface area (Å²) in [5.74, 6) is -0.385. The summed E-state index contributed by atoms with van der Waals surface area (Å²) >= 11 is 0. The van der Waals surface area contributed by atoms with Gasteiger partial charge in [0.15, 0.2) is 5.60 Å². The molecule has 1 aliphatic heterocycles. The summed E-state index contributed by atoms with van der Waals surface area (Å²) in [5, 5.41) is 14.5. The SMILES string of the molecule is Cc1cccc(N2CCN(CCCNC(=O)C(O)(c3ccccc3)c3ccccc3)CC2)c1.Cl.Cl. The second-order valence-electron chi connectivity index (χ2n) is 8.72. The fourth-order valence-electron chi connectivity index (χ4n) is 4.47. The Balaban J connectivity index is 0.00000216. The van der Waals surface area contributed by atoms with E-state index < -0.39 is 5.60 Å². The van der Waals surface area contributed by atoms with Crippen LogP contribution < -0.4 is 10.2 Å². The number of halogens is 2. The molecule has 0 saturated carbocycles. The largest absolute Gasteiger partial charge is 0.372 e. The number of piperazine rings is 1. The van der Waals surface area contributed by atoms with E-state index in [9.17, 15) is 9.90 Å². The van der Waals surface area contributed by atoms with Crippen molar-refractivity contribution in [3.63, 3.8) is 0 Å². The Hall–Kier alpha value is -2.57. The predicted octanol–water partition coefficient (Wildman–Crippen LogP) is 4.40. The third kappa shape index (κ3) is 6.98. The monoisotopic (exact) mass is 515 g/mol. The number of benzene rings is 3. The Bertz CT molecular complexity index is 1000. The van der Waals surface area contributed by atoms with Crippen molar-refractivity contribution in [3.05, 3.63) is 102 Å². The minimum Gasteiger partial charge on any atom is -0.372 e. The molecule has 1 heterocycles. The molecule has 3 aromatic rings. The average Bonchev–Trinajstić information content (AvgIpc) is 2.87. The minimum absolute atomic E-state index is 0. The molecule has 35 heavy (non-hydrogen) atoms. The third-order valence-electron chi connectivity index (χ3n) is 6.39. The molecular formula is C28H35Cl2N3O2. The maximum Gasteiger partial charge on any atom is 0.261 e. The Morgan fingerprint density at radius 1 is 0.857 bits per heavy atom. The molecule has 0 aliphatic carbocycles. The number of amides is 1. The summed E-state index contributed by atoms with van der Waals surface area (Å²) in [5.41, 5.74) is 2.02. The zero-order chi connectivity index (χ0) is 23.1. The van der Waals surface area contributed by atoms with E-state index in [2.05, 4.69) is 46.3 Å². The molecule has 4 rings (SSSR count). The quantitative estimate of drug-likeness (QED) is 0.436. The smallest absolute Gasteiger partial charge is 0.261 e. The van der Waals surface area contributed by atoms with Gasteiger partial charge in [-0.05, 0) is 48.7 Å². The van der Waals surface area contributed by atoms with Crippen LogP contribution in [-0.4, -0.2) is 55.2 Å². The molecule has 0 spiro atoms. The van der Waals surface area contributed by atoms with Crippen molar-refractivity contribution in [1.82, 2.24) is 10.2 Å². The fourth-order valence-corrected chi connectivity index (χ4v) is 4.47. The van der Waals surface area contributed by atoms with Crippen molar-refractivity contribution in [3.8, 4) is 0 Å². The first-order valence-corrected chi connectivity index (χ1v) is 11.7. The van der Waals surface area contributed by atoms with Crippen molar-refractivity contribution >= 4 is 36.4 Å². The number of nitrogens with one attached hydrogen (secondary N) is 1. The number of anilines is 1. The molecule has 1 aliphatic rings. The standard InChI is InChI=1S/C28H33N3O2.2ClH/c1-23-10-8-15-26(22-23)31-20-18-30(19-21-31)17-9-16-29-27(32)28(33,24-11-4-2-5-12-24)25-13-6-3-7-14-25;;/h2-8,10-15,22,33H,9,16-21H2,1H3,(H,29,32);2*1H. The Kier molecular flexibility index (Phi) is 11.1. The molecule has 0 bridgehead atoms. The summed E-state index contributed by atoms with van der Waals surface area (Å²) in [7, 11) is 0. The van der Waals surface area contributed by atoms with Crippen LogP contribution in [0.2, 0.25) is 0 Å². The van der Waals surface area contributed by atoms with E-state index in [1.165, 1.54) is 11.3 Å². The van der Waals surface area contributed by atoms with Crippen molar-refractivity contribution < 1.29 is 9.90 Å². The zero-order valence-corrected chi connectivity index (χ0v) is 21.7. The lowest BCUT2D eigenvalue weighted by Crippen LogP contribution is -2.48. The Labute approximate surface area is 221 Å². The number of nitrogens with zero attached hydrogens (tertiary/aromatic N) is 2. The van der Waals surface area contributed by atoms with E-state index in [0.29, 0.717) is 17.7 Å². The van der Waals surface area contributed by atoms with Crippen molar-refractivity contribution in [2.45, 2.75) is 18.9 Å². The molecule has 2 N–H and O–H groups in total. The highest BCUT2D eigenvalue weighted by molar-refractivity contribution is 5.90. The van der Waals surface area contributed by atoms with E-state index in [-0.39, 0.29) is 30.7 Å². The summed E-state index contributed by atoms with van der Waals surface area (Å²) in [6, 6.07) is 27.0. The van der Waals surface area contributed by atoms with E-state index >= 15 is 0 Å². The van der Waals surface area contributed by atoms with Crippen LogP contribution in [0.15, 0.2) is 84.9 Å². The van der Waals surface area contributed by atoms with Gasteiger partial charge in [-0.3, -0.25) is 9.69 Å². The molecule has 0 aromatic heterocycles. The number of carbonyl (C=O) groups excluding carboxylic acids is 1. The van der Waals surface area contributed by atoms with E-state index in [1.54, 1.807) is 24.3 Å². The maximum atomic E-state index is 13.2. The second kappa shape index (κ2) is 13.5. The number of aliphatic hydroxyl groups is 1. The highest BCUT2D eigenvalue weighted by Crippen LogP contribution is 2.29. The summed E-state index contributed by atoms with van der Waals surface area (Å²) in [6.07, 6.45) is 0.843. The number of carbonyl (C=O) groups is 1. The first-order valence-electron chi connectivity index (χ1n) is 11.7. The van der Waals surface area contributed by atoms with Crippen LogP contribution in [0.5, 0.6) is 0 Å². The van der Waals surface area contributed by atoms with Gasteiger partial charge in [-0.2, -0.15) is 0 Å². The first-order chi connectivity index (χ1) is 16.1. The van der Waals surface area contributed by atoms with Gasteiger partial charge in [0.2, 0.25) is 0 Å². The maximum absolute atomic E-state index is 13.2. The van der Waals surface area contributed by atoms with Gasteiger partial charge < -0.3 is 15.3 Å². The average molecular weight is 517 g/mol. The number of hydrogen-bond donors (Lipinski definition) is 2. The van der Waals surface area contributed by atoms with Gasteiger partial charge in [0, 0.05) is 38.4 Å². The molecule has 0 unspecified atom stereocenters. The lowest BCUT2D eigenvalue weighted by Gasteiger charge is -2.36. The van der Waals surface area contributed by atoms with Crippen LogP contribution in [0.1, 0.15) is 23.1 Å². The highest BCUT2D eigenvalue weighted by Gasteiger charge is 2.39. The van der Waals surface area contributed by atoms with Gasteiger partial charge in [0.25, 0.3) is 5.91 Å². The molecule has 7 heteroatoms.